The van der Waals surface area contributed by atoms with Crippen molar-refractivity contribution in [3.8, 4) is 11.5 Å². The van der Waals surface area contributed by atoms with E-state index in [0.29, 0.717) is 53.5 Å². The lowest BCUT2D eigenvalue weighted by molar-refractivity contribution is -0.134. The standard InChI is InChI=1S/C18H24N4O4S.C4H4O4/c1-11(2)19-7-8-20-17(24)13-10-27-18(21-13)22-16(23)12-5-6-14(25-3)15(9-12)26-4;5-3(6)1-2-4(7)8/h5-6,9-11,19H,7-8H2,1-4H3,(H,20,24)(H,21,22,23);1-2H,(H,5,6)(H,7,8). The molecular formula is C22H28N4O8S. The van der Waals surface area contributed by atoms with Crippen molar-refractivity contribution in [1.29, 1.82) is 0 Å². The number of thiazole rings is 1. The Kier molecular flexibility index (Phi) is 12.5. The zero-order valence-electron chi connectivity index (χ0n) is 19.7. The van der Waals surface area contributed by atoms with Gasteiger partial charge < -0.3 is 30.3 Å². The molecule has 0 bridgehead atoms. The second kappa shape index (κ2) is 15.0. The molecule has 0 aliphatic rings. The maximum Gasteiger partial charge on any atom is 0.328 e. The first kappa shape index (κ1) is 29.1. The summed E-state index contributed by atoms with van der Waals surface area (Å²) in [6.45, 7) is 5.25. The van der Waals surface area contributed by atoms with Gasteiger partial charge in [-0.1, -0.05) is 13.8 Å². The van der Waals surface area contributed by atoms with Crippen molar-refractivity contribution in [3.05, 3.63) is 47.0 Å². The van der Waals surface area contributed by atoms with Crippen LogP contribution in [-0.4, -0.2) is 72.3 Å². The average Bonchev–Trinajstić information content (AvgIpc) is 3.28. The van der Waals surface area contributed by atoms with E-state index in [1.807, 2.05) is 13.8 Å². The summed E-state index contributed by atoms with van der Waals surface area (Å²) in [7, 11) is 3.03. The fraction of sp³-hybridized carbons (Fsp3) is 0.318. The molecule has 1 aromatic carbocycles. The molecule has 5 N–H and O–H groups in total. The molecule has 0 fully saturated rings. The summed E-state index contributed by atoms with van der Waals surface area (Å²) in [5, 5.41) is 26.3. The highest BCUT2D eigenvalue weighted by molar-refractivity contribution is 7.14. The fourth-order valence-corrected chi connectivity index (χ4v) is 3.04. The van der Waals surface area contributed by atoms with E-state index in [4.69, 9.17) is 19.7 Å². The van der Waals surface area contributed by atoms with Gasteiger partial charge in [-0.15, -0.1) is 11.3 Å². The number of amides is 2. The van der Waals surface area contributed by atoms with Crippen LogP contribution in [0, 0.1) is 0 Å². The normalized spacial score (nSPS) is 10.3. The van der Waals surface area contributed by atoms with Gasteiger partial charge in [-0.2, -0.15) is 0 Å². The maximum atomic E-state index is 12.4. The molecule has 0 aliphatic carbocycles. The lowest BCUT2D eigenvalue weighted by Crippen LogP contribution is -2.34. The number of aliphatic carboxylic acids is 2. The highest BCUT2D eigenvalue weighted by Gasteiger charge is 2.15. The Labute approximate surface area is 206 Å². The Morgan fingerprint density at radius 3 is 2.17 bits per heavy atom. The van der Waals surface area contributed by atoms with E-state index < -0.39 is 11.9 Å². The van der Waals surface area contributed by atoms with Gasteiger partial charge in [-0.3, -0.25) is 14.9 Å². The molecule has 0 atom stereocenters. The number of carboxylic acid groups (broad SMARTS) is 2. The molecule has 2 amide bonds. The molecule has 0 aliphatic heterocycles. The van der Waals surface area contributed by atoms with Gasteiger partial charge in [0.05, 0.1) is 14.2 Å². The molecule has 0 saturated heterocycles. The Balaban J connectivity index is 0.000000658. The van der Waals surface area contributed by atoms with Crippen molar-refractivity contribution in [2.45, 2.75) is 19.9 Å². The van der Waals surface area contributed by atoms with Gasteiger partial charge in [0.1, 0.15) is 5.69 Å². The van der Waals surface area contributed by atoms with E-state index in [9.17, 15) is 19.2 Å². The number of carboxylic acids is 2. The number of anilines is 1. The van der Waals surface area contributed by atoms with E-state index in [2.05, 4.69) is 20.9 Å². The lowest BCUT2D eigenvalue weighted by Gasteiger charge is -2.09. The van der Waals surface area contributed by atoms with Crippen molar-refractivity contribution in [1.82, 2.24) is 15.6 Å². The predicted octanol–water partition coefficient (Wildman–Crippen LogP) is 1.85. The summed E-state index contributed by atoms with van der Waals surface area (Å²) >= 11 is 1.19. The molecule has 190 valence electrons. The van der Waals surface area contributed by atoms with Gasteiger partial charge in [0.2, 0.25) is 0 Å². The number of aromatic nitrogens is 1. The van der Waals surface area contributed by atoms with E-state index in [-0.39, 0.29) is 17.5 Å². The minimum atomic E-state index is -1.26. The smallest absolute Gasteiger partial charge is 0.328 e. The zero-order valence-corrected chi connectivity index (χ0v) is 20.5. The van der Waals surface area contributed by atoms with E-state index in [1.54, 1.807) is 23.6 Å². The maximum absolute atomic E-state index is 12.4. The molecule has 12 nitrogen and oxygen atoms in total. The van der Waals surface area contributed by atoms with Crippen LogP contribution >= 0.6 is 11.3 Å². The van der Waals surface area contributed by atoms with Crippen LogP contribution in [0.25, 0.3) is 0 Å². The number of carbonyl (C=O) groups is 4. The number of methoxy groups -OCH3 is 2. The van der Waals surface area contributed by atoms with Crippen LogP contribution in [0.1, 0.15) is 34.7 Å². The average molecular weight is 509 g/mol. The minimum absolute atomic E-state index is 0.271. The molecule has 1 aromatic heterocycles. The van der Waals surface area contributed by atoms with Crippen LogP contribution in [0.3, 0.4) is 0 Å². The van der Waals surface area contributed by atoms with Gasteiger partial charge in [-0.05, 0) is 18.2 Å². The molecule has 2 rings (SSSR count). The number of benzene rings is 1. The molecule has 1 heterocycles. The minimum Gasteiger partial charge on any atom is -0.493 e. The van der Waals surface area contributed by atoms with E-state index in [0.717, 1.165) is 0 Å². The third-order valence-electron chi connectivity index (χ3n) is 3.93. The first-order valence-electron chi connectivity index (χ1n) is 10.2. The number of carbonyl (C=O) groups excluding carboxylic acids is 2. The van der Waals surface area contributed by atoms with Crippen LogP contribution in [-0.2, 0) is 9.59 Å². The van der Waals surface area contributed by atoms with Crippen LogP contribution in [0.2, 0.25) is 0 Å². The Bertz CT molecular complexity index is 1040. The third kappa shape index (κ3) is 11.1. The van der Waals surface area contributed by atoms with Gasteiger partial charge in [-0.25, -0.2) is 14.6 Å². The summed E-state index contributed by atoms with van der Waals surface area (Å²) in [4.78, 5) is 47.7. The molecule has 0 radical (unpaired) electrons. The SMILES string of the molecule is COc1ccc(C(=O)Nc2nc(C(=O)NCCNC(C)C)cs2)cc1OC.O=C(O)C=CC(=O)O. The topological polar surface area (TPSA) is 176 Å². The number of rotatable bonds is 11. The van der Waals surface area contributed by atoms with Crippen molar-refractivity contribution in [3.63, 3.8) is 0 Å². The largest absolute Gasteiger partial charge is 0.493 e. The van der Waals surface area contributed by atoms with Crippen LogP contribution < -0.4 is 25.4 Å². The lowest BCUT2D eigenvalue weighted by atomic mass is 10.2. The quantitative estimate of drug-likeness (QED) is 0.222. The highest BCUT2D eigenvalue weighted by Crippen LogP contribution is 2.28. The third-order valence-corrected chi connectivity index (χ3v) is 4.69. The van der Waals surface area contributed by atoms with Gasteiger partial charge in [0.25, 0.3) is 11.8 Å². The second-order valence-electron chi connectivity index (χ2n) is 6.94. The summed E-state index contributed by atoms with van der Waals surface area (Å²) in [5.41, 5.74) is 0.667. The van der Waals surface area contributed by atoms with Gasteiger partial charge >= 0.3 is 11.9 Å². The molecule has 2 aromatic rings. The Morgan fingerprint density at radius 2 is 1.63 bits per heavy atom. The van der Waals surface area contributed by atoms with Crippen molar-refractivity contribution in [2.75, 3.05) is 32.6 Å². The van der Waals surface area contributed by atoms with Crippen LogP contribution in [0.5, 0.6) is 11.5 Å². The highest BCUT2D eigenvalue weighted by atomic mass is 32.1. The van der Waals surface area contributed by atoms with Crippen molar-refractivity contribution >= 4 is 40.2 Å². The number of hydrogen-bond acceptors (Lipinski definition) is 9. The molecule has 0 unspecified atom stereocenters. The van der Waals surface area contributed by atoms with Gasteiger partial charge in [0.15, 0.2) is 16.6 Å². The molecule has 0 saturated carbocycles. The van der Waals surface area contributed by atoms with Crippen LogP contribution in [0.4, 0.5) is 5.13 Å². The summed E-state index contributed by atoms with van der Waals surface area (Å²) < 4.78 is 10.4. The first-order chi connectivity index (χ1) is 16.6. The second-order valence-corrected chi connectivity index (χ2v) is 7.79. The van der Waals surface area contributed by atoms with Crippen molar-refractivity contribution in [2.24, 2.45) is 0 Å². The first-order valence-corrected chi connectivity index (χ1v) is 11.1. The Morgan fingerprint density at radius 1 is 1.00 bits per heavy atom. The number of nitrogens with zero attached hydrogens (tertiary/aromatic N) is 1. The summed E-state index contributed by atoms with van der Waals surface area (Å²) in [6.07, 6.45) is 1.12. The molecule has 13 heteroatoms. The van der Waals surface area contributed by atoms with E-state index in [1.165, 1.54) is 25.6 Å². The zero-order chi connectivity index (χ0) is 26.4. The number of nitrogens with one attached hydrogen (secondary N) is 3. The molecular weight excluding hydrogens is 480 g/mol. The van der Waals surface area contributed by atoms with E-state index >= 15 is 0 Å². The summed E-state index contributed by atoms with van der Waals surface area (Å²) in [6, 6.07) is 5.22. The van der Waals surface area contributed by atoms with Gasteiger partial charge in [0, 0.05) is 42.2 Å². The Hall–Kier alpha value is -3.97. The van der Waals surface area contributed by atoms with Crippen molar-refractivity contribution < 1.29 is 38.9 Å². The predicted molar refractivity (Wildman–Crippen MR) is 129 cm³/mol. The van der Waals surface area contributed by atoms with Crippen LogP contribution in [0.15, 0.2) is 35.7 Å². The fourth-order valence-electron chi connectivity index (χ4n) is 2.35. The number of hydrogen-bond donors (Lipinski definition) is 5. The molecule has 0 spiro atoms. The monoisotopic (exact) mass is 508 g/mol. The summed E-state index contributed by atoms with van der Waals surface area (Å²) in [5.74, 6) is -2.14. The number of ether oxygens (including phenoxy) is 2. The molecule has 35 heavy (non-hydrogen) atoms.